The molecule has 4 nitrogen and oxygen atoms in total. The van der Waals surface area contributed by atoms with Gasteiger partial charge in [0.25, 0.3) is 0 Å². The van der Waals surface area contributed by atoms with Gasteiger partial charge in [-0.1, -0.05) is 11.6 Å². The number of likely N-dealkylation sites (N-methyl/N-ethyl adjacent to an activating group) is 1. The predicted molar refractivity (Wildman–Crippen MR) is 85.5 cm³/mol. The lowest BCUT2D eigenvalue weighted by Crippen LogP contribution is -2.40. The van der Waals surface area contributed by atoms with E-state index in [0.717, 1.165) is 25.7 Å². The number of hydrogen-bond acceptors (Lipinski definition) is 3. The SMILES string of the molecule is CN(CC(=O)Nc1cc(Cl)ccc1F)C1CCC(CO)CC1. The number of halogens is 2. The number of carbonyl (C=O) groups is 1. The fourth-order valence-electron chi connectivity index (χ4n) is 2.91. The molecule has 1 aliphatic carbocycles. The summed E-state index contributed by atoms with van der Waals surface area (Å²) < 4.78 is 13.6. The first-order valence-electron chi connectivity index (χ1n) is 7.55. The molecule has 1 saturated carbocycles. The number of anilines is 1. The highest BCUT2D eigenvalue weighted by Crippen LogP contribution is 2.26. The van der Waals surface area contributed by atoms with Gasteiger partial charge in [-0.3, -0.25) is 9.69 Å². The largest absolute Gasteiger partial charge is 0.396 e. The molecule has 1 aromatic rings. The molecule has 6 heteroatoms. The van der Waals surface area contributed by atoms with Gasteiger partial charge in [0.1, 0.15) is 5.82 Å². The van der Waals surface area contributed by atoms with Crippen LogP contribution in [-0.2, 0) is 4.79 Å². The summed E-state index contributed by atoms with van der Waals surface area (Å²) in [6, 6.07) is 4.41. The Labute approximate surface area is 135 Å². The molecule has 0 aliphatic heterocycles. The Morgan fingerprint density at radius 2 is 2.09 bits per heavy atom. The molecule has 122 valence electrons. The summed E-state index contributed by atoms with van der Waals surface area (Å²) in [6.45, 7) is 0.450. The number of aliphatic hydroxyl groups excluding tert-OH is 1. The van der Waals surface area contributed by atoms with Crippen molar-refractivity contribution in [3.63, 3.8) is 0 Å². The zero-order valence-electron chi connectivity index (χ0n) is 12.7. The number of aliphatic hydroxyl groups is 1. The Morgan fingerprint density at radius 1 is 1.41 bits per heavy atom. The average Bonchev–Trinajstić information content (AvgIpc) is 2.51. The summed E-state index contributed by atoms with van der Waals surface area (Å²) in [5.41, 5.74) is 0.106. The molecule has 22 heavy (non-hydrogen) atoms. The van der Waals surface area contributed by atoms with Gasteiger partial charge in [-0.25, -0.2) is 4.39 Å². The van der Waals surface area contributed by atoms with E-state index in [1.54, 1.807) is 0 Å². The van der Waals surface area contributed by atoms with Crippen LogP contribution in [-0.4, -0.2) is 42.2 Å². The van der Waals surface area contributed by atoms with Crippen molar-refractivity contribution >= 4 is 23.2 Å². The fraction of sp³-hybridized carbons (Fsp3) is 0.562. The molecule has 0 spiro atoms. The van der Waals surface area contributed by atoms with Gasteiger partial charge in [-0.2, -0.15) is 0 Å². The third-order valence-electron chi connectivity index (χ3n) is 4.29. The molecule has 1 amide bonds. The first-order valence-corrected chi connectivity index (χ1v) is 7.93. The summed E-state index contributed by atoms with van der Waals surface area (Å²) in [7, 11) is 1.90. The summed E-state index contributed by atoms with van der Waals surface area (Å²) >= 11 is 5.81. The molecule has 1 aliphatic rings. The number of nitrogens with zero attached hydrogens (tertiary/aromatic N) is 1. The van der Waals surface area contributed by atoms with E-state index in [2.05, 4.69) is 5.32 Å². The molecule has 1 fully saturated rings. The van der Waals surface area contributed by atoms with E-state index in [-0.39, 0.29) is 24.7 Å². The quantitative estimate of drug-likeness (QED) is 0.874. The van der Waals surface area contributed by atoms with Gasteiger partial charge in [-0.15, -0.1) is 0 Å². The first-order chi connectivity index (χ1) is 10.5. The van der Waals surface area contributed by atoms with Crippen LogP contribution in [0.15, 0.2) is 18.2 Å². The zero-order valence-corrected chi connectivity index (χ0v) is 13.4. The van der Waals surface area contributed by atoms with Gasteiger partial charge in [0.05, 0.1) is 12.2 Å². The van der Waals surface area contributed by atoms with Crippen molar-refractivity contribution in [3.05, 3.63) is 29.0 Å². The normalized spacial score (nSPS) is 21.9. The Hall–Kier alpha value is -1.17. The summed E-state index contributed by atoms with van der Waals surface area (Å²) in [4.78, 5) is 14.0. The molecule has 0 radical (unpaired) electrons. The molecule has 0 aromatic heterocycles. The van der Waals surface area contributed by atoms with Crippen LogP contribution in [0.4, 0.5) is 10.1 Å². The van der Waals surface area contributed by atoms with Crippen molar-refractivity contribution in [1.82, 2.24) is 4.90 Å². The Balaban J connectivity index is 1.85. The number of hydrogen-bond donors (Lipinski definition) is 2. The van der Waals surface area contributed by atoms with Crippen molar-refractivity contribution in [2.75, 3.05) is 25.5 Å². The van der Waals surface area contributed by atoms with Crippen molar-refractivity contribution in [3.8, 4) is 0 Å². The van der Waals surface area contributed by atoms with Crippen LogP contribution in [0.25, 0.3) is 0 Å². The molecule has 1 aromatic carbocycles. The number of carbonyl (C=O) groups excluding carboxylic acids is 1. The van der Waals surface area contributed by atoms with E-state index in [0.29, 0.717) is 17.0 Å². The molecular weight excluding hydrogens is 307 g/mol. The molecule has 0 heterocycles. The van der Waals surface area contributed by atoms with E-state index < -0.39 is 5.82 Å². The number of nitrogens with one attached hydrogen (secondary N) is 1. The Morgan fingerprint density at radius 3 is 2.73 bits per heavy atom. The van der Waals surface area contributed by atoms with E-state index in [1.807, 2.05) is 11.9 Å². The maximum absolute atomic E-state index is 13.6. The highest BCUT2D eigenvalue weighted by Gasteiger charge is 2.24. The lowest BCUT2D eigenvalue weighted by atomic mass is 9.86. The highest BCUT2D eigenvalue weighted by molar-refractivity contribution is 6.30. The van der Waals surface area contributed by atoms with Crippen LogP contribution in [0.3, 0.4) is 0 Å². The van der Waals surface area contributed by atoms with Crippen LogP contribution in [0, 0.1) is 11.7 Å². The van der Waals surface area contributed by atoms with Crippen LogP contribution in [0.2, 0.25) is 5.02 Å². The van der Waals surface area contributed by atoms with E-state index in [1.165, 1.54) is 18.2 Å². The Bertz CT molecular complexity index is 519. The highest BCUT2D eigenvalue weighted by atomic mass is 35.5. The molecular formula is C16H22ClFN2O2. The van der Waals surface area contributed by atoms with Gasteiger partial charge in [0, 0.05) is 17.7 Å². The van der Waals surface area contributed by atoms with Gasteiger partial charge < -0.3 is 10.4 Å². The van der Waals surface area contributed by atoms with Crippen molar-refractivity contribution in [1.29, 1.82) is 0 Å². The van der Waals surface area contributed by atoms with Crippen molar-refractivity contribution in [2.24, 2.45) is 5.92 Å². The number of benzene rings is 1. The smallest absolute Gasteiger partial charge is 0.238 e. The molecule has 0 atom stereocenters. The van der Waals surface area contributed by atoms with Crippen molar-refractivity contribution in [2.45, 2.75) is 31.7 Å². The summed E-state index contributed by atoms with van der Waals surface area (Å²) in [5, 5.41) is 12.1. The molecule has 0 bridgehead atoms. The van der Waals surface area contributed by atoms with E-state index in [9.17, 15) is 9.18 Å². The van der Waals surface area contributed by atoms with Crippen molar-refractivity contribution < 1.29 is 14.3 Å². The average molecular weight is 329 g/mol. The third-order valence-corrected chi connectivity index (χ3v) is 4.53. The molecule has 0 saturated heterocycles. The summed E-state index contributed by atoms with van der Waals surface area (Å²) in [6.07, 6.45) is 3.91. The van der Waals surface area contributed by atoms with Gasteiger partial charge in [0.15, 0.2) is 0 Å². The minimum atomic E-state index is -0.496. The lowest BCUT2D eigenvalue weighted by molar-refractivity contribution is -0.117. The maximum Gasteiger partial charge on any atom is 0.238 e. The predicted octanol–water partition coefficient (Wildman–Crippen LogP) is 2.90. The lowest BCUT2D eigenvalue weighted by Gasteiger charge is -2.33. The molecule has 2 N–H and O–H groups in total. The first kappa shape index (κ1) is 17.2. The van der Waals surface area contributed by atoms with Crippen LogP contribution >= 0.6 is 11.6 Å². The topological polar surface area (TPSA) is 52.6 Å². The Kier molecular flexibility index (Phi) is 6.17. The van der Waals surface area contributed by atoms with Gasteiger partial charge in [-0.05, 0) is 56.8 Å². The fourth-order valence-corrected chi connectivity index (χ4v) is 3.08. The summed E-state index contributed by atoms with van der Waals surface area (Å²) in [5.74, 6) is -0.365. The van der Waals surface area contributed by atoms with Crippen LogP contribution in [0.1, 0.15) is 25.7 Å². The maximum atomic E-state index is 13.6. The minimum Gasteiger partial charge on any atom is -0.396 e. The monoisotopic (exact) mass is 328 g/mol. The van der Waals surface area contributed by atoms with E-state index in [4.69, 9.17) is 16.7 Å². The van der Waals surface area contributed by atoms with E-state index >= 15 is 0 Å². The standard InChI is InChI=1S/C16H22ClFN2O2/c1-20(13-5-2-11(10-21)3-6-13)9-16(22)19-15-8-12(17)4-7-14(15)18/h4,7-8,11,13,21H,2-3,5-6,9-10H2,1H3,(H,19,22). The van der Waals surface area contributed by atoms with Crippen LogP contribution in [0.5, 0.6) is 0 Å². The third kappa shape index (κ3) is 4.66. The number of amides is 1. The second kappa shape index (κ2) is 7.90. The minimum absolute atomic E-state index is 0.106. The van der Waals surface area contributed by atoms with Gasteiger partial charge >= 0.3 is 0 Å². The second-order valence-electron chi connectivity index (χ2n) is 5.94. The molecule has 0 unspecified atom stereocenters. The molecule has 2 rings (SSSR count). The zero-order chi connectivity index (χ0) is 16.1. The van der Waals surface area contributed by atoms with Crippen LogP contribution < -0.4 is 5.32 Å². The second-order valence-corrected chi connectivity index (χ2v) is 6.38. The number of rotatable bonds is 5. The van der Waals surface area contributed by atoms with Gasteiger partial charge in [0.2, 0.25) is 5.91 Å².